The molecule has 0 aliphatic heterocycles. The molecule has 1 nitrogen and oxygen atoms in total. The van der Waals surface area contributed by atoms with Crippen LogP contribution in [0, 0.1) is 5.92 Å². The lowest BCUT2D eigenvalue weighted by Gasteiger charge is -2.15. The minimum absolute atomic E-state index is 0.355. The summed E-state index contributed by atoms with van der Waals surface area (Å²) >= 11 is 3.47. The maximum absolute atomic E-state index is 3.58. The van der Waals surface area contributed by atoms with E-state index in [0.717, 1.165) is 17.4 Å². The number of benzene rings is 2. The van der Waals surface area contributed by atoms with Gasteiger partial charge in [-0.15, -0.1) is 0 Å². The van der Waals surface area contributed by atoms with Crippen molar-refractivity contribution >= 4 is 15.9 Å². The molecule has 0 aromatic heterocycles. The van der Waals surface area contributed by atoms with Crippen molar-refractivity contribution < 1.29 is 0 Å². The van der Waals surface area contributed by atoms with E-state index in [4.69, 9.17) is 0 Å². The molecular formula is C19H24BrN. The summed E-state index contributed by atoms with van der Waals surface area (Å²) in [4.78, 5) is 0. The second-order valence-corrected chi connectivity index (χ2v) is 6.98. The van der Waals surface area contributed by atoms with Crippen LogP contribution < -0.4 is 5.32 Å². The first kappa shape index (κ1) is 16.3. The first-order valence-corrected chi connectivity index (χ1v) is 8.40. The van der Waals surface area contributed by atoms with Gasteiger partial charge in [-0.05, 0) is 48.1 Å². The van der Waals surface area contributed by atoms with Gasteiger partial charge < -0.3 is 5.32 Å². The van der Waals surface area contributed by atoms with E-state index >= 15 is 0 Å². The van der Waals surface area contributed by atoms with Crippen LogP contribution in [0.15, 0.2) is 53.0 Å². The summed E-state index contributed by atoms with van der Waals surface area (Å²) in [5.41, 5.74) is 4.08. The number of hydrogen-bond acceptors (Lipinski definition) is 1. The highest BCUT2D eigenvalue weighted by atomic mass is 79.9. The van der Waals surface area contributed by atoms with E-state index in [2.05, 4.69) is 90.5 Å². The zero-order valence-electron chi connectivity index (χ0n) is 13.1. The molecule has 2 aromatic carbocycles. The van der Waals surface area contributed by atoms with Gasteiger partial charge >= 0.3 is 0 Å². The van der Waals surface area contributed by atoms with Gasteiger partial charge in [-0.1, -0.05) is 66.2 Å². The maximum atomic E-state index is 3.58. The van der Waals surface area contributed by atoms with E-state index in [1.807, 2.05) is 0 Å². The summed E-state index contributed by atoms with van der Waals surface area (Å²) in [5, 5.41) is 3.58. The fourth-order valence-corrected chi connectivity index (χ4v) is 2.67. The Morgan fingerprint density at radius 1 is 0.857 bits per heavy atom. The Morgan fingerprint density at radius 3 is 2.00 bits per heavy atom. The molecule has 0 saturated heterocycles. The predicted octanol–water partition coefficient (Wildman–Crippen LogP) is 5.50. The highest BCUT2D eigenvalue weighted by molar-refractivity contribution is 9.10. The third-order valence-corrected chi connectivity index (χ3v) is 4.18. The van der Waals surface area contributed by atoms with Gasteiger partial charge in [0.15, 0.2) is 0 Å². The Morgan fingerprint density at radius 2 is 1.43 bits per heavy atom. The molecule has 0 saturated carbocycles. The van der Waals surface area contributed by atoms with E-state index in [1.54, 1.807) is 0 Å². The van der Waals surface area contributed by atoms with Crippen molar-refractivity contribution in [3.05, 3.63) is 69.7 Å². The third-order valence-electron chi connectivity index (χ3n) is 3.65. The first-order chi connectivity index (χ1) is 10.0. The second kappa shape index (κ2) is 7.77. The van der Waals surface area contributed by atoms with Crippen molar-refractivity contribution in [1.82, 2.24) is 5.32 Å². The van der Waals surface area contributed by atoms with Crippen LogP contribution in [0.5, 0.6) is 0 Å². The predicted molar refractivity (Wildman–Crippen MR) is 94.4 cm³/mol. The van der Waals surface area contributed by atoms with Crippen LogP contribution in [0.2, 0.25) is 0 Å². The van der Waals surface area contributed by atoms with Crippen LogP contribution in [0.3, 0.4) is 0 Å². The summed E-state index contributed by atoms with van der Waals surface area (Å²) in [6, 6.07) is 17.8. The molecule has 0 fully saturated rings. The van der Waals surface area contributed by atoms with Crippen molar-refractivity contribution in [3.63, 3.8) is 0 Å². The summed E-state index contributed by atoms with van der Waals surface area (Å²) in [6.45, 7) is 7.63. The molecule has 0 aliphatic rings. The number of hydrogen-bond donors (Lipinski definition) is 1. The van der Waals surface area contributed by atoms with E-state index in [1.165, 1.54) is 16.7 Å². The SMILES string of the molecule is CC(C)Cc1ccc(CN[C@@H](C)c2ccc(Br)cc2)cc1. The maximum Gasteiger partial charge on any atom is 0.0294 e. The fourth-order valence-electron chi connectivity index (χ4n) is 2.40. The first-order valence-electron chi connectivity index (χ1n) is 7.61. The number of nitrogens with one attached hydrogen (secondary N) is 1. The van der Waals surface area contributed by atoms with Gasteiger partial charge in [0.2, 0.25) is 0 Å². The number of rotatable bonds is 6. The molecule has 21 heavy (non-hydrogen) atoms. The molecular weight excluding hydrogens is 322 g/mol. The molecule has 2 rings (SSSR count). The number of halogens is 1. The van der Waals surface area contributed by atoms with Gasteiger partial charge in [-0.3, -0.25) is 0 Å². The molecule has 0 bridgehead atoms. The molecule has 0 spiro atoms. The highest BCUT2D eigenvalue weighted by Crippen LogP contribution is 2.17. The minimum atomic E-state index is 0.355. The molecule has 0 amide bonds. The quantitative estimate of drug-likeness (QED) is 0.728. The Bertz CT molecular complexity index is 543. The Labute approximate surface area is 136 Å². The fraction of sp³-hybridized carbons (Fsp3) is 0.368. The van der Waals surface area contributed by atoms with Crippen LogP contribution in [0.4, 0.5) is 0 Å². The zero-order chi connectivity index (χ0) is 15.2. The lowest BCUT2D eigenvalue weighted by Crippen LogP contribution is -2.18. The van der Waals surface area contributed by atoms with Gasteiger partial charge in [0, 0.05) is 17.1 Å². The molecule has 1 N–H and O–H groups in total. The molecule has 0 unspecified atom stereocenters. The van der Waals surface area contributed by atoms with Gasteiger partial charge in [0.05, 0.1) is 0 Å². The summed E-state index contributed by atoms with van der Waals surface area (Å²) in [5.74, 6) is 0.714. The second-order valence-electron chi connectivity index (χ2n) is 6.07. The average molecular weight is 346 g/mol. The van der Waals surface area contributed by atoms with Crippen molar-refractivity contribution in [1.29, 1.82) is 0 Å². The largest absolute Gasteiger partial charge is 0.306 e. The van der Waals surface area contributed by atoms with Crippen LogP contribution in [0.1, 0.15) is 43.5 Å². The lowest BCUT2D eigenvalue weighted by molar-refractivity contribution is 0.574. The van der Waals surface area contributed by atoms with Crippen molar-refractivity contribution in [2.45, 2.75) is 39.8 Å². The van der Waals surface area contributed by atoms with Gasteiger partial charge in [0.1, 0.15) is 0 Å². The Kier molecular flexibility index (Phi) is 6.01. The van der Waals surface area contributed by atoms with Gasteiger partial charge in [-0.25, -0.2) is 0 Å². The molecule has 0 heterocycles. The van der Waals surface area contributed by atoms with Crippen LogP contribution in [-0.2, 0) is 13.0 Å². The summed E-state index contributed by atoms with van der Waals surface area (Å²) < 4.78 is 1.12. The smallest absolute Gasteiger partial charge is 0.0294 e. The van der Waals surface area contributed by atoms with Gasteiger partial charge in [0.25, 0.3) is 0 Å². The zero-order valence-corrected chi connectivity index (χ0v) is 14.7. The average Bonchev–Trinajstić information content (AvgIpc) is 2.46. The lowest BCUT2D eigenvalue weighted by atomic mass is 10.0. The van der Waals surface area contributed by atoms with Crippen LogP contribution in [-0.4, -0.2) is 0 Å². The Hall–Kier alpha value is -1.12. The van der Waals surface area contributed by atoms with E-state index in [0.29, 0.717) is 12.0 Å². The van der Waals surface area contributed by atoms with Crippen molar-refractivity contribution in [2.75, 3.05) is 0 Å². The molecule has 0 radical (unpaired) electrons. The minimum Gasteiger partial charge on any atom is -0.306 e. The van der Waals surface area contributed by atoms with Gasteiger partial charge in [-0.2, -0.15) is 0 Å². The summed E-state index contributed by atoms with van der Waals surface area (Å²) in [7, 11) is 0. The van der Waals surface area contributed by atoms with Crippen molar-refractivity contribution in [3.8, 4) is 0 Å². The van der Waals surface area contributed by atoms with Crippen molar-refractivity contribution in [2.24, 2.45) is 5.92 Å². The van der Waals surface area contributed by atoms with E-state index in [-0.39, 0.29) is 0 Å². The van der Waals surface area contributed by atoms with E-state index < -0.39 is 0 Å². The molecule has 0 aliphatic carbocycles. The summed E-state index contributed by atoms with van der Waals surface area (Å²) in [6.07, 6.45) is 1.16. The topological polar surface area (TPSA) is 12.0 Å². The monoisotopic (exact) mass is 345 g/mol. The van der Waals surface area contributed by atoms with Crippen LogP contribution in [0.25, 0.3) is 0 Å². The molecule has 2 heteroatoms. The molecule has 2 aromatic rings. The standard InChI is InChI=1S/C19H24BrN/c1-14(2)12-16-4-6-17(7-5-16)13-21-15(3)18-8-10-19(20)11-9-18/h4-11,14-15,21H,12-13H2,1-3H3/t15-/m0/s1. The third kappa shape index (κ3) is 5.29. The normalized spacial score (nSPS) is 12.6. The molecule has 1 atom stereocenters. The van der Waals surface area contributed by atoms with E-state index in [9.17, 15) is 0 Å². The molecule has 112 valence electrons. The highest BCUT2D eigenvalue weighted by Gasteiger charge is 2.05. The van der Waals surface area contributed by atoms with Crippen LogP contribution >= 0.6 is 15.9 Å². The Balaban J connectivity index is 1.88.